The number of nitriles is 1. The maximum absolute atomic E-state index is 12.7. The van der Waals surface area contributed by atoms with Crippen molar-refractivity contribution in [3.05, 3.63) is 33.8 Å². The van der Waals surface area contributed by atoms with Crippen molar-refractivity contribution in [2.45, 2.75) is 26.1 Å². The van der Waals surface area contributed by atoms with Crippen LogP contribution in [0.1, 0.15) is 29.8 Å². The maximum atomic E-state index is 12.7. The topological polar surface area (TPSA) is 52.9 Å². The highest BCUT2D eigenvalue weighted by atomic mass is 79.9. The molecular weight excluding hydrogens is 337 g/mol. The second kappa shape index (κ2) is 6.27. The summed E-state index contributed by atoms with van der Waals surface area (Å²) >= 11 is 2.80. The number of rotatable bonds is 3. The first kappa shape index (κ1) is 16.5. The van der Waals surface area contributed by atoms with Gasteiger partial charge in [-0.1, -0.05) is 29.8 Å². The molecule has 0 saturated carbocycles. The van der Waals surface area contributed by atoms with Gasteiger partial charge in [0.1, 0.15) is 6.04 Å². The first-order valence-electron chi connectivity index (χ1n) is 5.74. The molecule has 0 heterocycles. The Morgan fingerprint density at radius 2 is 2.00 bits per heavy atom. The maximum Gasteiger partial charge on any atom is 0.417 e. The van der Waals surface area contributed by atoms with Gasteiger partial charge in [-0.05, 0) is 24.1 Å². The summed E-state index contributed by atoms with van der Waals surface area (Å²) in [5.74, 6) is -0.843. The molecule has 1 N–H and O–H groups in total. The minimum Gasteiger partial charge on any atom is -0.336 e. The molecule has 0 radical (unpaired) electrons. The van der Waals surface area contributed by atoms with Crippen LogP contribution in [0.15, 0.2) is 22.7 Å². The predicted molar refractivity (Wildman–Crippen MR) is 70.8 cm³/mol. The van der Waals surface area contributed by atoms with Gasteiger partial charge in [-0.2, -0.15) is 18.4 Å². The van der Waals surface area contributed by atoms with Crippen molar-refractivity contribution < 1.29 is 18.0 Å². The Morgan fingerprint density at radius 1 is 1.40 bits per heavy atom. The van der Waals surface area contributed by atoms with Gasteiger partial charge in [0.05, 0.1) is 11.6 Å². The smallest absolute Gasteiger partial charge is 0.336 e. The molecular formula is C13H12BrF3N2O. The van der Waals surface area contributed by atoms with Gasteiger partial charge in [0.2, 0.25) is 0 Å². The number of carbonyl (C=O) groups is 1. The zero-order valence-corrected chi connectivity index (χ0v) is 12.3. The largest absolute Gasteiger partial charge is 0.417 e. The van der Waals surface area contributed by atoms with Gasteiger partial charge in [-0.15, -0.1) is 0 Å². The van der Waals surface area contributed by atoms with Crippen molar-refractivity contribution in [2.24, 2.45) is 5.92 Å². The fourth-order valence-corrected chi connectivity index (χ4v) is 1.93. The molecule has 1 aromatic carbocycles. The summed E-state index contributed by atoms with van der Waals surface area (Å²) in [7, 11) is 0. The van der Waals surface area contributed by atoms with Crippen LogP contribution in [0.25, 0.3) is 0 Å². The molecule has 3 nitrogen and oxygen atoms in total. The van der Waals surface area contributed by atoms with Crippen LogP contribution in [0.2, 0.25) is 0 Å². The van der Waals surface area contributed by atoms with Crippen LogP contribution in [0.4, 0.5) is 13.2 Å². The molecule has 1 rings (SSSR count). The molecule has 20 heavy (non-hydrogen) atoms. The first-order chi connectivity index (χ1) is 9.16. The van der Waals surface area contributed by atoms with Crippen LogP contribution >= 0.6 is 15.9 Å². The number of nitrogens with zero attached hydrogens (tertiary/aromatic N) is 1. The van der Waals surface area contributed by atoms with E-state index in [-0.39, 0.29) is 16.0 Å². The molecule has 0 saturated heterocycles. The third-order valence-corrected chi connectivity index (χ3v) is 3.32. The molecule has 1 unspecified atom stereocenters. The molecule has 0 aliphatic heterocycles. The second-order valence-corrected chi connectivity index (χ2v) is 5.37. The lowest BCUT2D eigenvalue weighted by Crippen LogP contribution is -2.37. The lowest BCUT2D eigenvalue weighted by Gasteiger charge is -2.16. The second-order valence-electron chi connectivity index (χ2n) is 4.52. The summed E-state index contributed by atoms with van der Waals surface area (Å²) in [6, 6.07) is 4.33. The zero-order valence-electron chi connectivity index (χ0n) is 10.8. The molecule has 0 aliphatic carbocycles. The Kier molecular flexibility index (Phi) is 5.17. The van der Waals surface area contributed by atoms with E-state index in [9.17, 15) is 18.0 Å². The number of carbonyl (C=O) groups excluding carboxylic acids is 1. The van der Waals surface area contributed by atoms with E-state index < -0.39 is 23.7 Å². The highest BCUT2D eigenvalue weighted by molar-refractivity contribution is 9.10. The summed E-state index contributed by atoms with van der Waals surface area (Å²) in [5, 5.41) is 11.3. The van der Waals surface area contributed by atoms with Crippen molar-refractivity contribution in [1.29, 1.82) is 5.26 Å². The van der Waals surface area contributed by atoms with Crippen LogP contribution in [0, 0.1) is 17.2 Å². The number of hydrogen-bond donors (Lipinski definition) is 1. The highest BCUT2D eigenvalue weighted by Gasteiger charge is 2.33. The minimum atomic E-state index is -4.55. The number of benzene rings is 1. The monoisotopic (exact) mass is 348 g/mol. The Bertz CT molecular complexity index is 550. The Hall–Kier alpha value is -1.55. The molecule has 0 bridgehead atoms. The Balaban J connectivity index is 3.04. The molecule has 1 amide bonds. The van der Waals surface area contributed by atoms with E-state index in [1.807, 2.05) is 6.07 Å². The fourth-order valence-electron chi connectivity index (χ4n) is 1.46. The van der Waals surface area contributed by atoms with Crippen molar-refractivity contribution in [2.75, 3.05) is 0 Å². The number of amides is 1. The highest BCUT2D eigenvalue weighted by Crippen LogP contribution is 2.35. The molecule has 1 atom stereocenters. The van der Waals surface area contributed by atoms with E-state index in [1.165, 1.54) is 6.07 Å². The van der Waals surface area contributed by atoms with Crippen LogP contribution in [0.5, 0.6) is 0 Å². The van der Waals surface area contributed by atoms with Crippen LogP contribution in [0.3, 0.4) is 0 Å². The van der Waals surface area contributed by atoms with Gasteiger partial charge in [0.15, 0.2) is 0 Å². The molecule has 0 aliphatic rings. The average molecular weight is 349 g/mol. The number of hydrogen-bond acceptors (Lipinski definition) is 2. The van der Waals surface area contributed by atoms with Crippen molar-refractivity contribution in [1.82, 2.24) is 5.32 Å². The van der Waals surface area contributed by atoms with Gasteiger partial charge in [-0.25, -0.2) is 0 Å². The third kappa shape index (κ3) is 3.97. The van der Waals surface area contributed by atoms with Crippen molar-refractivity contribution in [3.63, 3.8) is 0 Å². The third-order valence-electron chi connectivity index (χ3n) is 2.63. The summed E-state index contributed by atoms with van der Waals surface area (Å²) in [6.07, 6.45) is -4.55. The van der Waals surface area contributed by atoms with Crippen LogP contribution in [-0.4, -0.2) is 11.9 Å². The quantitative estimate of drug-likeness (QED) is 0.904. The zero-order chi connectivity index (χ0) is 15.5. The van der Waals surface area contributed by atoms with E-state index in [1.54, 1.807) is 13.8 Å². The normalized spacial score (nSPS) is 12.9. The molecule has 0 fully saturated rings. The predicted octanol–water partition coefficient (Wildman–Crippen LogP) is 3.75. The summed E-state index contributed by atoms with van der Waals surface area (Å²) in [5.41, 5.74) is -1.07. The Labute approximate surface area is 122 Å². The van der Waals surface area contributed by atoms with Crippen LogP contribution in [-0.2, 0) is 6.18 Å². The lowest BCUT2D eigenvalue weighted by atomic mass is 10.0. The van der Waals surface area contributed by atoms with Gasteiger partial charge in [0.25, 0.3) is 5.91 Å². The molecule has 1 aromatic rings. The Morgan fingerprint density at radius 3 is 2.45 bits per heavy atom. The van der Waals surface area contributed by atoms with E-state index in [4.69, 9.17) is 5.26 Å². The van der Waals surface area contributed by atoms with Crippen molar-refractivity contribution in [3.8, 4) is 6.07 Å². The lowest BCUT2D eigenvalue weighted by molar-refractivity contribution is -0.138. The van der Waals surface area contributed by atoms with E-state index >= 15 is 0 Å². The summed E-state index contributed by atoms with van der Waals surface area (Å²) in [6.45, 7) is 3.47. The SMILES string of the molecule is CC(C)C(C#N)NC(=O)c1ccc(Br)c(C(F)(F)F)c1. The molecule has 108 valence electrons. The van der Waals surface area contributed by atoms with E-state index in [0.717, 1.165) is 12.1 Å². The van der Waals surface area contributed by atoms with Crippen LogP contribution < -0.4 is 5.32 Å². The molecule has 0 aromatic heterocycles. The van der Waals surface area contributed by atoms with Gasteiger partial charge in [0, 0.05) is 10.0 Å². The minimum absolute atomic E-state index is 0.137. The summed E-state index contributed by atoms with van der Waals surface area (Å²) in [4.78, 5) is 11.9. The number of halogens is 4. The van der Waals surface area contributed by atoms with E-state index in [2.05, 4.69) is 21.2 Å². The summed E-state index contributed by atoms with van der Waals surface area (Å²) < 4.78 is 38.1. The molecule has 7 heteroatoms. The van der Waals surface area contributed by atoms with Gasteiger partial charge >= 0.3 is 6.18 Å². The van der Waals surface area contributed by atoms with Crippen molar-refractivity contribution >= 4 is 21.8 Å². The van der Waals surface area contributed by atoms with Gasteiger partial charge in [-0.3, -0.25) is 4.79 Å². The average Bonchev–Trinajstić information content (AvgIpc) is 2.34. The standard InChI is InChI=1S/C13H12BrF3N2O/c1-7(2)11(6-18)19-12(20)8-3-4-10(14)9(5-8)13(15,16)17/h3-5,7,11H,1-2H3,(H,19,20). The molecule has 0 spiro atoms. The van der Waals surface area contributed by atoms with E-state index in [0.29, 0.717) is 0 Å². The first-order valence-corrected chi connectivity index (χ1v) is 6.53. The number of alkyl halides is 3. The number of nitrogens with one attached hydrogen (secondary N) is 1. The van der Waals surface area contributed by atoms with Gasteiger partial charge < -0.3 is 5.32 Å². The fraction of sp³-hybridized carbons (Fsp3) is 0.385.